The summed E-state index contributed by atoms with van der Waals surface area (Å²) in [5.74, 6) is 0.705. The number of likely N-dealkylation sites (N-methyl/N-ethyl adjacent to an activating group) is 1. The molecule has 1 saturated heterocycles. The number of likely N-dealkylation sites (tertiary alicyclic amines) is 1. The van der Waals surface area contributed by atoms with Gasteiger partial charge in [0.05, 0.1) is 12.7 Å². The van der Waals surface area contributed by atoms with E-state index in [0.717, 1.165) is 18.4 Å². The topological polar surface area (TPSA) is 112 Å². The number of pyridine rings is 1. The van der Waals surface area contributed by atoms with E-state index < -0.39 is 16.1 Å². The number of carbonyl (C=O) groups excluding carboxylic acids is 1. The summed E-state index contributed by atoms with van der Waals surface area (Å²) in [6.45, 7) is 2.37. The molecule has 3 aliphatic rings. The fourth-order valence-corrected chi connectivity index (χ4v) is 7.33. The Balaban J connectivity index is 1.41. The molecule has 0 bridgehead atoms. The Labute approximate surface area is 225 Å². The van der Waals surface area contributed by atoms with E-state index in [4.69, 9.17) is 4.74 Å². The van der Waals surface area contributed by atoms with Crippen LogP contribution in [0.25, 0.3) is 0 Å². The van der Waals surface area contributed by atoms with Crippen molar-refractivity contribution in [3.8, 4) is 5.75 Å². The van der Waals surface area contributed by atoms with Gasteiger partial charge in [-0.3, -0.25) is 9.78 Å². The summed E-state index contributed by atoms with van der Waals surface area (Å²) in [7, 11) is -1.93. The first-order valence-corrected chi connectivity index (χ1v) is 15.1. The van der Waals surface area contributed by atoms with Crippen molar-refractivity contribution in [3.63, 3.8) is 0 Å². The normalized spacial score (nSPS) is 24.7. The van der Waals surface area contributed by atoms with E-state index >= 15 is 0 Å². The van der Waals surface area contributed by atoms with Crippen LogP contribution in [0.1, 0.15) is 60.5 Å². The smallest absolute Gasteiger partial charge is 0.272 e. The van der Waals surface area contributed by atoms with Crippen molar-refractivity contribution < 1.29 is 23.1 Å². The Morgan fingerprint density at radius 1 is 1.16 bits per heavy atom. The molecule has 1 unspecified atom stereocenters. The number of piperidine rings is 1. The number of nitrogens with one attached hydrogen (secondary N) is 1. The van der Waals surface area contributed by atoms with Crippen LogP contribution in [-0.2, 0) is 10.0 Å². The monoisotopic (exact) mass is 542 g/mol. The molecule has 1 aromatic carbocycles. The number of ether oxygens (including phenoxy) is 1. The molecule has 2 aliphatic heterocycles. The second kappa shape index (κ2) is 11.3. The van der Waals surface area contributed by atoms with E-state index in [9.17, 15) is 18.3 Å². The van der Waals surface area contributed by atoms with Gasteiger partial charge in [0.25, 0.3) is 5.91 Å². The van der Waals surface area contributed by atoms with Gasteiger partial charge >= 0.3 is 0 Å². The Morgan fingerprint density at radius 2 is 1.92 bits per heavy atom. The van der Waals surface area contributed by atoms with Crippen LogP contribution in [0.2, 0.25) is 0 Å². The fraction of sp³-hybridized carbons (Fsp3) is 0.571. The van der Waals surface area contributed by atoms with Gasteiger partial charge in [-0.05, 0) is 68.5 Å². The van der Waals surface area contributed by atoms with Gasteiger partial charge in [0.15, 0.2) is 0 Å². The third-order valence-corrected chi connectivity index (χ3v) is 9.71. The summed E-state index contributed by atoms with van der Waals surface area (Å²) in [4.78, 5) is 21.2. The molecule has 10 heteroatoms. The lowest BCUT2D eigenvalue weighted by Crippen LogP contribution is -2.51. The highest BCUT2D eigenvalue weighted by molar-refractivity contribution is 7.89. The Bertz CT molecular complexity index is 1230. The Kier molecular flexibility index (Phi) is 8.04. The molecule has 3 heterocycles. The zero-order chi connectivity index (χ0) is 26.8. The lowest BCUT2D eigenvalue weighted by Gasteiger charge is -2.44. The maximum Gasteiger partial charge on any atom is 0.272 e. The van der Waals surface area contributed by atoms with E-state index in [2.05, 4.69) is 9.71 Å². The van der Waals surface area contributed by atoms with Crippen LogP contribution in [0.4, 0.5) is 0 Å². The van der Waals surface area contributed by atoms with Crippen LogP contribution in [-0.4, -0.2) is 86.7 Å². The predicted molar refractivity (Wildman–Crippen MR) is 144 cm³/mol. The Morgan fingerprint density at radius 3 is 2.63 bits per heavy atom. The standard InChI is InChI=1S/C28H38N4O5S/c1-31-18-23(33)17-30-38(35,36)26-10-9-22(21-6-2-3-7-21)16-25(26)37-20-28(19-31)11-14-32(15-12-28)27(34)24-8-4-5-13-29-24/h4-5,8-10,13,16,21,23,30,33H,2-3,6-7,11-12,14-15,17-20H2,1H3. The maximum absolute atomic E-state index is 13.2. The van der Waals surface area contributed by atoms with Gasteiger partial charge in [0, 0.05) is 44.3 Å². The SMILES string of the molecule is CN1CC(O)CNS(=O)(=O)c2ccc(C3CCCC3)cc2OCC2(CCN(C(=O)c3ccccn3)CC2)C1. The van der Waals surface area contributed by atoms with Crippen LogP contribution in [0.5, 0.6) is 5.75 Å². The van der Waals surface area contributed by atoms with E-state index in [1.54, 1.807) is 24.4 Å². The van der Waals surface area contributed by atoms with Crippen LogP contribution < -0.4 is 9.46 Å². The van der Waals surface area contributed by atoms with Gasteiger partial charge in [-0.15, -0.1) is 0 Å². The minimum Gasteiger partial charge on any atom is -0.492 e. The van der Waals surface area contributed by atoms with E-state index in [1.807, 2.05) is 35.0 Å². The highest BCUT2D eigenvalue weighted by atomic mass is 32.2. The van der Waals surface area contributed by atoms with Gasteiger partial charge < -0.3 is 19.6 Å². The molecular weight excluding hydrogens is 504 g/mol. The lowest BCUT2D eigenvalue weighted by atomic mass is 9.78. The number of aliphatic hydroxyl groups is 1. The Hall–Kier alpha value is -2.53. The van der Waals surface area contributed by atoms with E-state index in [-0.39, 0.29) is 22.8 Å². The molecule has 1 spiro atoms. The highest BCUT2D eigenvalue weighted by Gasteiger charge is 2.39. The van der Waals surface area contributed by atoms with Crippen LogP contribution in [0.15, 0.2) is 47.5 Å². The number of fused-ring (bicyclic) bond motifs is 1. The summed E-state index contributed by atoms with van der Waals surface area (Å²) in [5.41, 5.74) is 1.25. The zero-order valence-corrected chi connectivity index (χ0v) is 22.8. The van der Waals surface area contributed by atoms with Crippen molar-refractivity contribution in [2.45, 2.75) is 55.4 Å². The highest BCUT2D eigenvalue weighted by Crippen LogP contribution is 2.39. The summed E-state index contributed by atoms with van der Waals surface area (Å²) in [6, 6.07) is 10.8. The first-order valence-electron chi connectivity index (χ1n) is 13.6. The molecule has 38 heavy (non-hydrogen) atoms. The molecule has 2 aromatic rings. The molecule has 5 rings (SSSR count). The summed E-state index contributed by atoms with van der Waals surface area (Å²) < 4.78 is 35.4. The molecule has 206 valence electrons. The van der Waals surface area contributed by atoms with Gasteiger partial charge in [-0.2, -0.15) is 0 Å². The van der Waals surface area contributed by atoms with Gasteiger partial charge in [-0.1, -0.05) is 25.0 Å². The van der Waals surface area contributed by atoms with Crippen LogP contribution >= 0.6 is 0 Å². The number of aliphatic hydroxyl groups excluding tert-OH is 1. The number of β-amino-alcohol motifs (C(OH)–C–C–N with tert-alkyl or cyclic N) is 1. The number of nitrogens with zero attached hydrogens (tertiary/aromatic N) is 3. The van der Waals surface area contributed by atoms with Crippen molar-refractivity contribution in [2.75, 3.05) is 46.4 Å². The second-order valence-corrected chi connectivity index (χ2v) is 12.9. The first kappa shape index (κ1) is 27.1. The molecule has 2 N–H and O–H groups in total. The number of hydrogen-bond acceptors (Lipinski definition) is 7. The fourth-order valence-electron chi connectivity index (χ4n) is 6.13. The van der Waals surface area contributed by atoms with Crippen molar-refractivity contribution in [1.82, 2.24) is 19.5 Å². The van der Waals surface area contributed by atoms with Crippen molar-refractivity contribution >= 4 is 15.9 Å². The van der Waals surface area contributed by atoms with Crippen LogP contribution in [0.3, 0.4) is 0 Å². The third-order valence-electron chi connectivity index (χ3n) is 8.25. The number of sulfonamides is 1. The summed E-state index contributed by atoms with van der Waals surface area (Å²) >= 11 is 0. The molecule has 2 fully saturated rings. The molecule has 1 aliphatic carbocycles. The van der Waals surface area contributed by atoms with E-state index in [1.165, 1.54) is 12.8 Å². The third kappa shape index (κ3) is 6.03. The lowest BCUT2D eigenvalue weighted by molar-refractivity contribution is 0.0157. The maximum atomic E-state index is 13.2. The van der Waals surface area contributed by atoms with E-state index in [0.29, 0.717) is 63.0 Å². The zero-order valence-electron chi connectivity index (χ0n) is 22.0. The molecule has 1 amide bonds. The molecule has 1 saturated carbocycles. The molecule has 9 nitrogen and oxygen atoms in total. The number of carbonyl (C=O) groups is 1. The first-order chi connectivity index (χ1) is 18.2. The van der Waals surface area contributed by atoms with Gasteiger partial charge in [0.1, 0.15) is 16.3 Å². The molecular formula is C28H38N4O5S. The summed E-state index contributed by atoms with van der Waals surface area (Å²) in [5, 5.41) is 10.6. The average Bonchev–Trinajstić information content (AvgIpc) is 3.46. The van der Waals surface area contributed by atoms with Crippen molar-refractivity contribution in [2.24, 2.45) is 5.41 Å². The molecule has 0 radical (unpaired) electrons. The number of aromatic nitrogens is 1. The quantitative estimate of drug-likeness (QED) is 0.600. The number of amides is 1. The molecule has 1 atom stereocenters. The van der Waals surface area contributed by atoms with Gasteiger partial charge in [-0.25, -0.2) is 13.1 Å². The molecule has 1 aromatic heterocycles. The summed E-state index contributed by atoms with van der Waals surface area (Å²) in [6.07, 6.45) is 6.76. The minimum absolute atomic E-state index is 0.0736. The van der Waals surface area contributed by atoms with Crippen LogP contribution in [0, 0.1) is 5.41 Å². The largest absolute Gasteiger partial charge is 0.492 e. The van der Waals surface area contributed by atoms with Crippen molar-refractivity contribution in [3.05, 3.63) is 53.9 Å². The van der Waals surface area contributed by atoms with Gasteiger partial charge in [0.2, 0.25) is 10.0 Å². The number of hydrogen-bond donors (Lipinski definition) is 2. The number of benzene rings is 1. The minimum atomic E-state index is -3.87. The average molecular weight is 543 g/mol. The number of rotatable bonds is 2. The second-order valence-electron chi connectivity index (χ2n) is 11.2. The van der Waals surface area contributed by atoms with Crippen molar-refractivity contribution in [1.29, 1.82) is 0 Å². The predicted octanol–water partition coefficient (Wildman–Crippen LogP) is 2.63.